The first-order chi connectivity index (χ1) is 10.2. The lowest BCUT2D eigenvalue weighted by atomic mass is 10.2. The molecule has 0 saturated heterocycles. The Hall–Kier alpha value is -2.61. The maximum Gasteiger partial charge on any atom is 0.250 e. The fourth-order valence-electron chi connectivity index (χ4n) is 2.04. The second-order valence-corrected chi connectivity index (χ2v) is 4.67. The van der Waals surface area contributed by atoms with E-state index in [-0.39, 0.29) is 5.56 Å². The van der Waals surface area contributed by atoms with Crippen LogP contribution in [0.25, 0.3) is 0 Å². The summed E-state index contributed by atoms with van der Waals surface area (Å²) in [6.07, 6.45) is 3.47. The number of aryl methyl sites for hydroxylation is 1. The molecule has 0 atom stereocenters. The van der Waals surface area contributed by atoms with Gasteiger partial charge in [0.05, 0.1) is 11.3 Å². The molecule has 2 rings (SSSR count). The first kappa shape index (κ1) is 14.8. The van der Waals surface area contributed by atoms with Crippen molar-refractivity contribution in [1.29, 1.82) is 5.26 Å². The molecule has 0 bridgehead atoms. The first-order valence-electron chi connectivity index (χ1n) is 6.80. The average molecular weight is 285 g/mol. The van der Waals surface area contributed by atoms with Gasteiger partial charge in [0, 0.05) is 25.4 Å². The van der Waals surface area contributed by atoms with E-state index in [4.69, 9.17) is 5.26 Å². The van der Waals surface area contributed by atoms with Crippen LogP contribution in [0.2, 0.25) is 0 Å². The molecule has 0 saturated carbocycles. The molecule has 0 aliphatic carbocycles. The Labute approximate surface area is 122 Å². The number of benzene rings is 1. The summed E-state index contributed by atoms with van der Waals surface area (Å²) in [7, 11) is 0. The van der Waals surface area contributed by atoms with E-state index in [1.165, 1.54) is 18.2 Å². The van der Waals surface area contributed by atoms with Crippen molar-refractivity contribution in [2.75, 3.05) is 11.9 Å². The van der Waals surface area contributed by atoms with Crippen LogP contribution in [-0.4, -0.2) is 11.1 Å². The van der Waals surface area contributed by atoms with Gasteiger partial charge < -0.3 is 9.88 Å². The predicted molar refractivity (Wildman–Crippen MR) is 79.5 cm³/mol. The molecule has 0 unspecified atom stereocenters. The minimum atomic E-state index is -0.416. The zero-order valence-electron chi connectivity index (χ0n) is 11.6. The van der Waals surface area contributed by atoms with Crippen LogP contribution in [0.1, 0.15) is 18.4 Å². The Balaban J connectivity index is 1.79. The Morgan fingerprint density at radius 2 is 2.10 bits per heavy atom. The van der Waals surface area contributed by atoms with Gasteiger partial charge in [-0.1, -0.05) is 6.07 Å². The molecule has 0 aliphatic rings. The predicted octanol–water partition coefficient (Wildman–Crippen LogP) is 2.75. The molecule has 1 heterocycles. The van der Waals surface area contributed by atoms with Crippen LogP contribution in [-0.2, 0) is 6.54 Å². The van der Waals surface area contributed by atoms with Gasteiger partial charge in [0.15, 0.2) is 0 Å². The molecule has 1 aromatic carbocycles. The molecule has 0 spiro atoms. The van der Waals surface area contributed by atoms with E-state index in [9.17, 15) is 9.18 Å². The van der Waals surface area contributed by atoms with Crippen LogP contribution in [0, 0.1) is 17.1 Å². The maximum atomic E-state index is 13.0. The van der Waals surface area contributed by atoms with E-state index in [0.29, 0.717) is 24.3 Å². The van der Waals surface area contributed by atoms with Crippen LogP contribution in [0.15, 0.2) is 47.4 Å². The highest BCUT2D eigenvalue weighted by Gasteiger charge is 2.02. The van der Waals surface area contributed by atoms with Crippen molar-refractivity contribution in [3.63, 3.8) is 0 Å². The molecule has 4 nitrogen and oxygen atoms in total. The third-order valence-electron chi connectivity index (χ3n) is 3.14. The van der Waals surface area contributed by atoms with Gasteiger partial charge in [0.1, 0.15) is 11.9 Å². The number of nitrogens with one attached hydrogen (secondary N) is 1. The summed E-state index contributed by atoms with van der Waals surface area (Å²) in [5.41, 5.74) is 0.931. The third-order valence-corrected chi connectivity index (χ3v) is 3.14. The number of hydrogen-bond donors (Lipinski definition) is 1. The average Bonchev–Trinajstić information content (AvgIpc) is 2.50. The number of aromatic nitrogens is 1. The van der Waals surface area contributed by atoms with Gasteiger partial charge in [-0.15, -0.1) is 0 Å². The van der Waals surface area contributed by atoms with Crippen LogP contribution in [0.4, 0.5) is 10.1 Å². The molecule has 1 aromatic heterocycles. The Morgan fingerprint density at radius 3 is 2.86 bits per heavy atom. The molecule has 0 radical (unpaired) electrons. The van der Waals surface area contributed by atoms with Crippen LogP contribution in [0.3, 0.4) is 0 Å². The Kier molecular flexibility index (Phi) is 5.10. The molecule has 108 valence electrons. The fourth-order valence-corrected chi connectivity index (χ4v) is 2.04. The highest BCUT2D eigenvalue weighted by molar-refractivity contribution is 5.57. The lowest BCUT2D eigenvalue weighted by Crippen LogP contribution is -2.18. The quantitative estimate of drug-likeness (QED) is 0.830. The molecule has 21 heavy (non-hydrogen) atoms. The molecule has 0 aliphatic heterocycles. The van der Waals surface area contributed by atoms with E-state index in [2.05, 4.69) is 5.32 Å². The number of anilines is 1. The number of halogens is 1. The van der Waals surface area contributed by atoms with Gasteiger partial charge in [0.2, 0.25) is 5.56 Å². The zero-order valence-corrected chi connectivity index (χ0v) is 11.6. The fraction of sp³-hybridized carbons (Fsp3) is 0.250. The highest BCUT2D eigenvalue weighted by atomic mass is 19.1. The molecule has 0 amide bonds. The molecular weight excluding hydrogens is 269 g/mol. The van der Waals surface area contributed by atoms with Gasteiger partial charge in [-0.3, -0.25) is 4.79 Å². The van der Waals surface area contributed by atoms with E-state index >= 15 is 0 Å². The summed E-state index contributed by atoms with van der Waals surface area (Å²) in [6.45, 7) is 1.33. The van der Waals surface area contributed by atoms with Gasteiger partial charge in [0.25, 0.3) is 0 Å². The minimum absolute atomic E-state index is 0.00393. The second-order valence-electron chi connectivity index (χ2n) is 4.67. The minimum Gasteiger partial charge on any atom is -0.384 e. The molecule has 5 heteroatoms. The molecule has 1 N–H and O–H groups in total. The van der Waals surface area contributed by atoms with E-state index in [1.54, 1.807) is 22.9 Å². The van der Waals surface area contributed by atoms with Gasteiger partial charge >= 0.3 is 0 Å². The van der Waals surface area contributed by atoms with E-state index in [0.717, 1.165) is 12.8 Å². The van der Waals surface area contributed by atoms with Crippen molar-refractivity contribution >= 4 is 5.69 Å². The van der Waals surface area contributed by atoms with Crippen molar-refractivity contribution in [3.05, 3.63) is 64.3 Å². The normalized spacial score (nSPS) is 10.1. The molecular formula is C16H16FN3O. The van der Waals surface area contributed by atoms with Crippen molar-refractivity contribution in [3.8, 4) is 6.07 Å². The summed E-state index contributed by atoms with van der Waals surface area (Å²) < 4.78 is 14.7. The summed E-state index contributed by atoms with van der Waals surface area (Å²) in [5, 5.41) is 12.0. The maximum absolute atomic E-state index is 13.0. The van der Waals surface area contributed by atoms with Crippen LogP contribution in [0.5, 0.6) is 0 Å². The highest BCUT2D eigenvalue weighted by Crippen LogP contribution is 2.15. The summed E-state index contributed by atoms with van der Waals surface area (Å²) in [6, 6.07) is 11.2. The molecule has 2 aromatic rings. The Bertz CT molecular complexity index is 703. The van der Waals surface area contributed by atoms with E-state index in [1.807, 2.05) is 12.1 Å². The third kappa shape index (κ3) is 4.18. The smallest absolute Gasteiger partial charge is 0.250 e. The standard InChI is InChI=1S/C16H16FN3O/c17-14-6-7-15(13(11-14)12-18)19-8-2-4-10-20-9-3-1-5-16(20)21/h1,3,5-7,9,11,19H,2,4,8,10H2. The number of pyridine rings is 1. The summed E-state index contributed by atoms with van der Waals surface area (Å²) >= 11 is 0. The number of nitrogens with zero attached hydrogens (tertiary/aromatic N) is 2. The largest absolute Gasteiger partial charge is 0.384 e. The number of unbranched alkanes of at least 4 members (excludes halogenated alkanes) is 1. The number of nitriles is 1. The van der Waals surface area contributed by atoms with Crippen molar-refractivity contribution in [1.82, 2.24) is 4.57 Å². The SMILES string of the molecule is N#Cc1cc(F)ccc1NCCCCn1ccccc1=O. The van der Waals surface area contributed by atoms with Gasteiger partial charge in [-0.05, 0) is 37.1 Å². The van der Waals surface area contributed by atoms with Crippen LogP contribution >= 0.6 is 0 Å². The monoisotopic (exact) mass is 285 g/mol. The zero-order chi connectivity index (χ0) is 15.1. The van der Waals surface area contributed by atoms with Crippen LogP contribution < -0.4 is 10.9 Å². The van der Waals surface area contributed by atoms with Crippen molar-refractivity contribution < 1.29 is 4.39 Å². The first-order valence-corrected chi connectivity index (χ1v) is 6.80. The summed E-state index contributed by atoms with van der Waals surface area (Å²) in [5.74, 6) is -0.416. The molecule has 0 fully saturated rings. The van der Waals surface area contributed by atoms with Crippen molar-refractivity contribution in [2.24, 2.45) is 0 Å². The summed E-state index contributed by atoms with van der Waals surface area (Å²) in [4.78, 5) is 11.5. The van der Waals surface area contributed by atoms with E-state index < -0.39 is 5.82 Å². The second kappa shape index (κ2) is 7.25. The lowest BCUT2D eigenvalue weighted by Gasteiger charge is -2.09. The van der Waals surface area contributed by atoms with Gasteiger partial charge in [-0.25, -0.2) is 4.39 Å². The van der Waals surface area contributed by atoms with Gasteiger partial charge in [-0.2, -0.15) is 5.26 Å². The topological polar surface area (TPSA) is 57.8 Å². The lowest BCUT2D eigenvalue weighted by molar-refractivity contribution is 0.604. The number of rotatable bonds is 6. The van der Waals surface area contributed by atoms with Crippen molar-refractivity contribution in [2.45, 2.75) is 19.4 Å². The number of hydrogen-bond acceptors (Lipinski definition) is 3. The Morgan fingerprint density at radius 1 is 1.24 bits per heavy atom.